The smallest absolute Gasteiger partial charge is 0.162 e. The molecule has 0 aliphatic heterocycles. The van der Waals surface area contributed by atoms with Gasteiger partial charge in [-0.25, -0.2) is 8.78 Å². The van der Waals surface area contributed by atoms with Gasteiger partial charge in [0.05, 0.1) is 0 Å². The molecule has 0 nitrogen and oxygen atoms in total. The molecule has 0 N–H and O–H groups in total. The Morgan fingerprint density at radius 1 is 0.920 bits per heavy atom. The van der Waals surface area contributed by atoms with Crippen LogP contribution in [0.2, 0.25) is 0 Å². The van der Waals surface area contributed by atoms with Crippen LogP contribution in [-0.2, 0) is 0 Å². The zero-order chi connectivity index (χ0) is 17.6. The second-order valence-corrected chi connectivity index (χ2v) is 8.15. The molecular formula is C23H32F2. The van der Waals surface area contributed by atoms with Gasteiger partial charge in [0.25, 0.3) is 0 Å². The van der Waals surface area contributed by atoms with Gasteiger partial charge >= 0.3 is 0 Å². The quantitative estimate of drug-likeness (QED) is 0.487. The van der Waals surface area contributed by atoms with Crippen LogP contribution in [0.4, 0.5) is 8.78 Å². The lowest BCUT2D eigenvalue weighted by Crippen LogP contribution is -2.25. The van der Waals surface area contributed by atoms with E-state index in [2.05, 4.69) is 19.1 Å². The third-order valence-electron chi connectivity index (χ3n) is 6.54. The number of halogens is 2. The standard InChI is InChI=1S/C23H32F2/c1-2-3-4-6-17-9-11-18(12-10-17)19-13-15-20(16-14-19)21-7-5-8-22(24)23(21)25/h4-8,17-20H,2-3,9-16H2,1H3/b6-4+. The van der Waals surface area contributed by atoms with Gasteiger partial charge < -0.3 is 0 Å². The molecule has 0 heterocycles. The predicted molar refractivity (Wildman–Crippen MR) is 101 cm³/mol. The molecule has 0 bridgehead atoms. The van der Waals surface area contributed by atoms with E-state index < -0.39 is 11.6 Å². The highest BCUT2D eigenvalue weighted by atomic mass is 19.2. The Labute approximate surface area is 151 Å². The average molecular weight is 347 g/mol. The van der Waals surface area contributed by atoms with Gasteiger partial charge in [0.1, 0.15) is 0 Å². The minimum atomic E-state index is -0.700. The summed E-state index contributed by atoms with van der Waals surface area (Å²) in [4.78, 5) is 0. The van der Waals surface area contributed by atoms with Gasteiger partial charge in [0.2, 0.25) is 0 Å². The van der Waals surface area contributed by atoms with E-state index in [1.54, 1.807) is 12.1 Å². The van der Waals surface area contributed by atoms with Crippen molar-refractivity contribution in [1.29, 1.82) is 0 Å². The number of hydrogen-bond donors (Lipinski definition) is 0. The van der Waals surface area contributed by atoms with Crippen LogP contribution in [0.5, 0.6) is 0 Å². The van der Waals surface area contributed by atoms with Crippen molar-refractivity contribution in [1.82, 2.24) is 0 Å². The topological polar surface area (TPSA) is 0 Å². The van der Waals surface area contributed by atoms with Crippen LogP contribution in [0.25, 0.3) is 0 Å². The Kier molecular flexibility index (Phi) is 6.67. The summed E-state index contributed by atoms with van der Waals surface area (Å²) in [6, 6.07) is 4.64. The normalized spacial score (nSPS) is 30.7. The summed E-state index contributed by atoms with van der Waals surface area (Å²) < 4.78 is 27.5. The first-order chi connectivity index (χ1) is 12.2. The van der Waals surface area contributed by atoms with Crippen molar-refractivity contribution >= 4 is 0 Å². The second-order valence-electron chi connectivity index (χ2n) is 8.15. The van der Waals surface area contributed by atoms with E-state index in [0.29, 0.717) is 5.56 Å². The first-order valence-electron chi connectivity index (χ1n) is 10.3. The summed E-state index contributed by atoms with van der Waals surface area (Å²) in [7, 11) is 0. The Morgan fingerprint density at radius 3 is 2.20 bits per heavy atom. The highest BCUT2D eigenvalue weighted by Crippen LogP contribution is 2.44. The fourth-order valence-corrected chi connectivity index (χ4v) is 5.00. The molecule has 2 saturated carbocycles. The fourth-order valence-electron chi connectivity index (χ4n) is 5.00. The molecule has 0 saturated heterocycles. The Hall–Kier alpha value is -1.18. The first kappa shape index (κ1) is 18.6. The maximum absolute atomic E-state index is 14.0. The number of benzene rings is 1. The zero-order valence-corrected chi connectivity index (χ0v) is 15.5. The fraction of sp³-hybridized carbons (Fsp3) is 0.652. The van der Waals surface area contributed by atoms with Crippen molar-refractivity contribution in [2.45, 2.75) is 77.0 Å². The lowest BCUT2D eigenvalue weighted by molar-refractivity contribution is 0.170. The lowest BCUT2D eigenvalue weighted by atomic mass is 9.68. The molecular weight excluding hydrogens is 314 g/mol. The summed E-state index contributed by atoms with van der Waals surface area (Å²) in [6.45, 7) is 2.23. The molecule has 0 amide bonds. The highest BCUT2D eigenvalue weighted by Gasteiger charge is 2.31. The van der Waals surface area contributed by atoms with Crippen LogP contribution in [0.1, 0.15) is 82.6 Å². The molecule has 0 radical (unpaired) electrons. The van der Waals surface area contributed by atoms with E-state index in [4.69, 9.17) is 0 Å². The molecule has 0 spiro atoms. The number of allylic oxidation sites excluding steroid dienone is 2. The van der Waals surface area contributed by atoms with Crippen LogP contribution in [0.15, 0.2) is 30.4 Å². The van der Waals surface area contributed by atoms with Crippen molar-refractivity contribution in [3.63, 3.8) is 0 Å². The SMILES string of the molecule is CCC/C=C/C1CCC(C2CCC(c3cccc(F)c3F)CC2)CC1. The number of hydrogen-bond acceptors (Lipinski definition) is 0. The van der Waals surface area contributed by atoms with Gasteiger partial charge in [-0.2, -0.15) is 0 Å². The molecule has 2 aliphatic rings. The van der Waals surface area contributed by atoms with Crippen LogP contribution in [-0.4, -0.2) is 0 Å². The second kappa shape index (κ2) is 8.96. The molecule has 1 aromatic rings. The Bertz CT molecular complexity index is 561. The highest BCUT2D eigenvalue weighted by molar-refractivity contribution is 5.23. The van der Waals surface area contributed by atoms with Crippen molar-refractivity contribution in [3.05, 3.63) is 47.5 Å². The maximum Gasteiger partial charge on any atom is 0.162 e. The van der Waals surface area contributed by atoms with Gasteiger partial charge in [-0.15, -0.1) is 0 Å². The third-order valence-corrected chi connectivity index (χ3v) is 6.54. The zero-order valence-electron chi connectivity index (χ0n) is 15.5. The molecule has 2 heteroatoms. The van der Waals surface area contributed by atoms with E-state index in [1.165, 1.54) is 57.4 Å². The van der Waals surface area contributed by atoms with Crippen molar-refractivity contribution in [3.8, 4) is 0 Å². The largest absolute Gasteiger partial charge is 0.204 e. The van der Waals surface area contributed by atoms with E-state index in [9.17, 15) is 8.78 Å². The summed E-state index contributed by atoms with van der Waals surface area (Å²) >= 11 is 0. The van der Waals surface area contributed by atoms with Crippen LogP contribution < -0.4 is 0 Å². The minimum Gasteiger partial charge on any atom is -0.204 e. The summed E-state index contributed by atoms with van der Waals surface area (Å²) in [5.74, 6) is 1.34. The lowest BCUT2D eigenvalue weighted by Gasteiger charge is -2.37. The maximum atomic E-state index is 14.0. The number of rotatable bonds is 5. The molecule has 0 aromatic heterocycles. The van der Waals surface area contributed by atoms with Crippen LogP contribution >= 0.6 is 0 Å². The predicted octanol–water partition coefficient (Wildman–Crippen LogP) is 7.40. The van der Waals surface area contributed by atoms with E-state index in [1.807, 2.05) is 0 Å². The monoisotopic (exact) mass is 346 g/mol. The van der Waals surface area contributed by atoms with E-state index in [0.717, 1.165) is 30.6 Å². The van der Waals surface area contributed by atoms with Crippen molar-refractivity contribution in [2.75, 3.05) is 0 Å². The molecule has 0 atom stereocenters. The van der Waals surface area contributed by atoms with Gasteiger partial charge in [-0.1, -0.05) is 37.6 Å². The van der Waals surface area contributed by atoms with E-state index in [-0.39, 0.29) is 5.92 Å². The third kappa shape index (κ3) is 4.71. The molecule has 1 aromatic carbocycles. The minimum absolute atomic E-state index is 0.209. The van der Waals surface area contributed by atoms with Crippen LogP contribution in [0, 0.1) is 29.4 Å². The first-order valence-corrected chi connectivity index (χ1v) is 10.3. The molecule has 2 aliphatic carbocycles. The summed E-state index contributed by atoms with van der Waals surface area (Å²) in [5, 5.41) is 0. The average Bonchev–Trinajstić information content (AvgIpc) is 2.65. The molecule has 25 heavy (non-hydrogen) atoms. The molecule has 0 unspecified atom stereocenters. The molecule has 2 fully saturated rings. The Balaban J connectivity index is 1.48. The summed E-state index contributed by atoms with van der Waals surface area (Å²) in [5.41, 5.74) is 0.600. The molecule has 138 valence electrons. The van der Waals surface area contributed by atoms with Crippen molar-refractivity contribution in [2.24, 2.45) is 17.8 Å². The van der Waals surface area contributed by atoms with E-state index >= 15 is 0 Å². The van der Waals surface area contributed by atoms with Crippen LogP contribution in [0.3, 0.4) is 0 Å². The van der Waals surface area contributed by atoms with Gasteiger partial charge in [0.15, 0.2) is 11.6 Å². The van der Waals surface area contributed by atoms with Gasteiger partial charge in [0, 0.05) is 0 Å². The number of unbranched alkanes of at least 4 members (excludes halogenated alkanes) is 1. The van der Waals surface area contributed by atoms with Gasteiger partial charge in [-0.05, 0) is 93.1 Å². The summed E-state index contributed by atoms with van der Waals surface area (Å²) in [6.07, 6.45) is 17.0. The molecule has 3 rings (SSSR count). The van der Waals surface area contributed by atoms with Crippen molar-refractivity contribution < 1.29 is 8.78 Å². The Morgan fingerprint density at radius 2 is 1.56 bits per heavy atom. The van der Waals surface area contributed by atoms with Gasteiger partial charge in [-0.3, -0.25) is 0 Å².